The van der Waals surface area contributed by atoms with Gasteiger partial charge >= 0.3 is 0 Å². The zero-order valence-electron chi connectivity index (χ0n) is 15.4. The summed E-state index contributed by atoms with van der Waals surface area (Å²) < 4.78 is 5.40. The highest BCUT2D eigenvalue weighted by molar-refractivity contribution is 6.07. The zero-order chi connectivity index (χ0) is 19.1. The minimum Gasteiger partial charge on any atom is -0.378 e. The van der Waals surface area contributed by atoms with Crippen LogP contribution in [-0.4, -0.2) is 49.6 Å². The second kappa shape index (κ2) is 9.14. The summed E-state index contributed by atoms with van der Waals surface area (Å²) >= 11 is 0. The van der Waals surface area contributed by atoms with Gasteiger partial charge < -0.3 is 20.3 Å². The summed E-state index contributed by atoms with van der Waals surface area (Å²) in [5.74, 6) is -0.553. The Labute approximate surface area is 158 Å². The number of benzene rings is 1. The van der Waals surface area contributed by atoms with Gasteiger partial charge in [0.25, 0.3) is 11.8 Å². The molecule has 0 atom stereocenters. The molecule has 2 aromatic rings. The summed E-state index contributed by atoms with van der Waals surface area (Å²) in [5.41, 5.74) is 2.32. The van der Waals surface area contributed by atoms with Crippen LogP contribution in [0, 0.1) is 0 Å². The topological polar surface area (TPSA) is 83.6 Å². The molecule has 0 bridgehead atoms. The number of ether oxygens (including phenoxy) is 1. The van der Waals surface area contributed by atoms with E-state index in [9.17, 15) is 9.59 Å². The first-order valence-electron chi connectivity index (χ1n) is 9.16. The predicted molar refractivity (Wildman–Crippen MR) is 104 cm³/mol. The van der Waals surface area contributed by atoms with Gasteiger partial charge in [0.1, 0.15) is 5.69 Å². The lowest BCUT2D eigenvalue weighted by molar-refractivity contribution is 0.0948. The summed E-state index contributed by atoms with van der Waals surface area (Å²) in [5, 5.41) is 5.72. The number of amides is 2. The van der Waals surface area contributed by atoms with Crippen LogP contribution in [0.1, 0.15) is 34.2 Å². The quantitative estimate of drug-likeness (QED) is 0.817. The van der Waals surface area contributed by atoms with Crippen molar-refractivity contribution in [3.05, 3.63) is 53.9 Å². The summed E-state index contributed by atoms with van der Waals surface area (Å²) in [7, 11) is 0. The first-order chi connectivity index (χ1) is 13.2. The van der Waals surface area contributed by atoms with Gasteiger partial charge in [-0.2, -0.15) is 0 Å². The molecule has 1 aliphatic rings. The van der Waals surface area contributed by atoms with Gasteiger partial charge in [-0.3, -0.25) is 14.6 Å². The van der Waals surface area contributed by atoms with Gasteiger partial charge in [0.2, 0.25) is 0 Å². The Hall–Kier alpha value is -2.93. The predicted octanol–water partition coefficient (Wildman–Crippen LogP) is 2.31. The van der Waals surface area contributed by atoms with Gasteiger partial charge in [-0.1, -0.05) is 19.1 Å². The average molecular weight is 368 g/mol. The van der Waals surface area contributed by atoms with Crippen LogP contribution in [0.3, 0.4) is 0 Å². The van der Waals surface area contributed by atoms with Crippen molar-refractivity contribution in [2.24, 2.45) is 0 Å². The number of para-hydroxylation sites is 2. The first kappa shape index (κ1) is 18.8. The fourth-order valence-electron chi connectivity index (χ4n) is 2.88. The number of nitrogens with one attached hydrogen (secondary N) is 2. The monoisotopic (exact) mass is 368 g/mol. The Morgan fingerprint density at radius 1 is 1.15 bits per heavy atom. The van der Waals surface area contributed by atoms with Crippen LogP contribution in [-0.2, 0) is 4.74 Å². The van der Waals surface area contributed by atoms with Crippen molar-refractivity contribution in [2.45, 2.75) is 13.3 Å². The van der Waals surface area contributed by atoms with Crippen molar-refractivity contribution < 1.29 is 14.3 Å². The van der Waals surface area contributed by atoms with Crippen molar-refractivity contribution >= 4 is 23.2 Å². The van der Waals surface area contributed by atoms with E-state index in [1.165, 1.54) is 12.3 Å². The Morgan fingerprint density at radius 2 is 1.93 bits per heavy atom. The SMILES string of the molecule is CCCNC(=O)c1cc(C(=O)Nc2ccccc2N2CCOCC2)ccn1. The maximum atomic E-state index is 12.7. The summed E-state index contributed by atoms with van der Waals surface area (Å²) in [4.78, 5) is 31.0. The van der Waals surface area contributed by atoms with E-state index in [2.05, 4.69) is 20.5 Å². The molecule has 0 aliphatic carbocycles. The average Bonchev–Trinajstić information content (AvgIpc) is 2.73. The fraction of sp³-hybridized carbons (Fsp3) is 0.350. The van der Waals surface area contributed by atoms with E-state index in [0.29, 0.717) is 25.3 Å². The van der Waals surface area contributed by atoms with Gasteiger partial charge in [0.05, 0.1) is 24.6 Å². The van der Waals surface area contributed by atoms with Crippen LogP contribution in [0.5, 0.6) is 0 Å². The number of rotatable bonds is 6. The third-order valence-electron chi connectivity index (χ3n) is 4.29. The van der Waals surface area contributed by atoms with Crippen LogP contribution < -0.4 is 15.5 Å². The fourth-order valence-corrected chi connectivity index (χ4v) is 2.88. The van der Waals surface area contributed by atoms with Gasteiger partial charge in [0, 0.05) is 31.4 Å². The standard InChI is InChI=1S/C20H24N4O3/c1-2-8-22-20(26)17-14-15(7-9-21-17)19(25)23-16-5-3-4-6-18(16)24-10-12-27-13-11-24/h3-7,9,14H,2,8,10-13H2,1H3,(H,22,26)(H,23,25). The van der Waals surface area contributed by atoms with E-state index >= 15 is 0 Å². The number of carbonyl (C=O) groups is 2. The minimum atomic E-state index is -0.278. The number of carbonyl (C=O) groups excluding carboxylic acids is 2. The lowest BCUT2D eigenvalue weighted by Crippen LogP contribution is -2.36. The van der Waals surface area contributed by atoms with E-state index in [4.69, 9.17) is 4.74 Å². The molecule has 0 radical (unpaired) electrons. The molecule has 0 unspecified atom stereocenters. The molecule has 2 N–H and O–H groups in total. The smallest absolute Gasteiger partial charge is 0.269 e. The van der Waals surface area contributed by atoms with Crippen molar-refractivity contribution in [1.29, 1.82) is 0 Å². The molecule has 1 fully saturated rings. The number of hydrogen-bond donors (Lipinski definition) is 2. The Bertz CT molecular complexity index is 803. The lowest BCUT2D eigenvalue weighted by atomic mass is 10.2. The number of pyridine rings is 1. The van der Waals surface area contributed by atoms with Gasteiger partial charge in [0.15, 0.2) is 0 Å². The second-order valence-electron chi connectivity index (χ2n) is 6.26. The van der Waals surface area contributed by atoms with Gasteiger partial charge in [-0.05, 0) is 30.7 Å². The molecule has 2 amide bonds. The molecule has 1 saturated heterocycles. The zero-order valence-corrected chi connectivity index (χ0v) is 15.4. The molecule has 2 heterocycles. The summed E-state index contributed by atoms with van der Waals surface area (Å²) in [6.45, 7) is 5.45. The van der Waals surface area contributed by atoms with Crippen molar-refractivity contribution in [1.82, 2.24) is 10.3 Å². The molecule has 1 aromatic carbocycles. The lowest BCUT2D eigenvalue weighted by Gasteiger charge is -2.30. The highest BCUT2D eigenvalue weighted by atomic mass is 16.5. The Balaban J connectivity index is 1.75. The minimum absolute atomic E-state index is 0.234. The normalized spacial score (nSPS) is 13.9. The highest BCUT2D eigenvalue weighted by Gasteiger charge is 2.17. The number of nitrogens with zero attached hydrogens (tertiary/aromatic N) is 2. The number of aromatic nitrogens is 1. The first-order valence-corrected chi connectivity index (χ1v) is 9.16. The van der Waals surface area contributed by atoms with E-state index < -0.39 is 0 Å². The van der Waals surface area contributed by atoms with Gasteiger partial charge in [-0.25, -0.2) is 0 Å². The number of morpholine rings is 1. The second-order valence-corrected chi connectivity index (χ2v) is 6.26. The van der Waals surface area contributed by atoms with Crippen LogP contribution in [0.2, 0.25) is 0 Å². The molecular formula is C20H24N4O3. The molecule has 0 spiro atoms. The molecule has 7 nitrogen and oxygen atoms in total. The van der Waals surface area contributed by atoms with Crippen LogP contribution in [0.4, 0.5) is 11.4 Å². The highest BCUT2D eigenvalue weighted by Crippen LogP contribution is 2.26. The maximum absolute atomic E-state index is 12.7. The van der Waals surface area contributed by atoms with Crippen LogP contribution in [0.25, 0.3) is 0 Å². The molecule has 0 saturated carbocycles. The van der Waals surface area contributed by atoms with E-state index in [-0.39, 0.29) is 17.5 Å². The number of hydrogen-bond acceptors (Lipinski definition) is 5. The Kier molecular flexibility index (Phi) is 6.38. The molecule has 3 rings (SSSR count). The van der Waals surface area contributed by atoms with Crippen LogP contribution in [0.15, 0.2) is 42.6 Å². The maximum Gasteiger partial charge on any atom is 0.269 e. The molecule has 7 heteroatoms. The number of anilines is 2. The third kappa shape index (κ3) is 4.83. The van der Waals surface area contributed by atoms with Crippen LogP contribution >= 0.6 is 0 Å². The van der Waals surface area contributed by atoms with E-state index in [0.717, 1.165) is 30.9 Å². The largest absolute Gasteiger partial charge is 0.378 e. The van der Waals surface area contributed by atoms with Crippen molar-refractivity contribution in [3.8, 4) is 0 Å². The Morgan fingerprint density at radius 3 is 2.70 bits per heavy atom. The molecule has 142 valence electrons. The summed E-state index contributed by atoms with van der Waals surface area (Å²) in [6.07, 6.45) is 2.31. The van der Waals surface area contributed by atoms with E-state index in [1.54, 1.807) is 6.07 Å². The molecule has 1 aliphatic heterocycles. The third-order valence-corrected chi connectivity index (χ3v) is 4.29. The molecule has 1 aromatic heterocycles. The summed E-state index contributed by atoms with van der Waals surface area (Å²) in [6, 6.07) is 10.8. The van der Waals surface area contributed by atoms with Crippen molar-refractivity contribution in [3.63, 3.8) is 0 Å². The molecular weight excluding hydrogens is 344 g/mol. The molecule has 27 heavy (non-hydrogen) atoms. The van der Waals surface area contributed by atoms with Gasteiger partial charge in [-0.15, -0.1) is 0 Å². The van der Waals surface area contributed by atoms with E-state index in [1.807, 2.05) is 31.2 Å². The van der Waals surface area contributed by atoms with Crippen molar-refractivity contribution in [2.75, 3.05) is 43.1 Å².